The molecule has 19 heavy (non-hydrogen) atoms. The fraction of sp³-hybridized carbons (Fsp3) is 0.933. The van der Waals surface area contributed by atoms with Gasteiger partial charge in [-0.15, -0.1) is 0 Å². The molecule has 1 heterocycles. The van der Waals surface area contributed by atoms with Crippen molar-refractivity contribution in [3.05, 3.63) is 0 Å². The summed E-state index contributed by atoms with van der Waals surface area (Å²) in [5.41, 5.74) is -1.20. The molecule has 0 spiro atoms. The van der Waals surface area contributed by atoms with Crippen molar-refractivity contribution >= 4 is 5.97 Å². The lowest BCUT2D eigenvalue weighted by atomic mass is 9.51. The quantitative estimate of drug-likeness (QED) is 0.653. The minimum atomic E-state index is -1.17. The molecule has 2 aliphatic carbocycles. The van der Waals surface area contributed by atoms with Gasteiger partial charge in [-0.1, -0.05) is 13.8 Å². The molecule has 1 saturated heterocycles. The first-order valence-corrected chi connectivity index (χ1v) is 7.38. The number of ether oxygens (including phenoxy) is 1. The number of rotatable bonds is 0. The SMILES string of the molecule is C[C@@H]1C(=O)O[C@H]2[C@H]1CC[C@@]1(C)CC[C@@H](O)[C@@](C)(O)[C@H]21. The number of fused-ring (bicyclic) bond motifs is 3. The third kappa shape index (κ3) is 1.69. The molecule has 4 heteroatoms. The van der Waals surface area contributed by atoms with Gasteiger partial charge < -0.3 is 14.9 Å². The summed E-state index contributed by atoms with van der Waals surface area (Å²) in [6, 6.07) is 0. The third-order valence-electron chi connectivity index (χ3n) is 6.11. The van der Waals surface area contributed by atoms with Gasteiger partial charge in [0, 0.05) is 11.8 Å². The highest BCUT2D eigenvalue weighted by Gasteiger charge is 2.63. The molecule has 7 atom stereocenters. The molecule has 0 aromatic carbocycles. The Morgan fingerprint density at radius 2 is 1.89 bits per heavy atom. The zero-order valence-corrected chi connectivity index (χ0v) is 11.9. The lowest BCUT2D eigenvalue weighted by Gasteiger charge is -2.57. The Morgan fingerprint density at radius 1 is 1.26 bits per heavy atom. The highest BCUT2D eigenvalue weighted by molar-refractivity contribution is 5.75. The average Bonchev–Trinajstić information content (AvgIpc) is 2.60. The second-order valence-electron chi connectivity index (χ2n) is 7.30. The molecule has 3 aliphatic rings. The van der Waals surface area contributed by atoms with Gasteiger partial charge in [-0.3, -0.25) is 4.79 Å². The van der Waals surface area contributed by atoms with Crippen LogP contribution >= 0.6 is 0 Å². The van der Waals surface area contributed by atoms with Crippen LogP contribution in [-0.2, 0) is 9.53 Å². The van der Waals surface area contributed by atoms with Crippen molar-refractivity contribution in [1.82, 2.24) is 0 Å². The topological polar surface area (TPSA) is 66.8 Å². The summed E-state index contributed by atoms with van der Waals surface area (Å²) in [6.45, 7) is 5.80. The monoisotopic (exact) mass is 268 g/mol. The first-order chi connectivity index (χ1) is 8.77. The van der Waals surface area contributed by atoms with E-state index < -0.39 is 11.7 Å². The molecule has 1 aliphatic heterocycles. The summed E-state index contributed by atoms with van der Waals surface area (Å²) in [5.74, 6) is -0.182. The van der Waals surface area contributed by atoms with E-state index in [0.717, 1.165) is 19.3 Å². The number of esters is 1. The number of aliphatic hydroxyl groups is 2. The highest BCUT2D eigenvalue weighted by Crippen LogP contribution is 2.58. The zero-order valence-electron chi connectivity index (χ0n) is 11.9. The standard InChI is InChI=1S/C15H24O4/c1-8-9-4-6-14(2)7-5-10(16)15(3,18)12(14)11(9)19-13(8)17/h8-12,16,18H,4-7H2,1-3H3/t8-,9-,10+,11-,12+,14-,15+/m0/s1. The average molecular weight is 268 g/mol. The fourth-order valence-corrected chi connectivity index (χ4v) is 4.85. The van der Waals surface area contributed by atoms with Gasteiger partial charge in [-0.25, -0.2) is 0 Å². The lowest BCUT2D eigenvalue weighted by molar-refractivity contribution is -0.218. The number of aliphatic hydroxyl groups excluding tert-OH is 1. The van der Waals surface area contributed by atoms with E-state index in [4.69, 9.17) is 4.74 Å². The Kier molecular flexibility index (Phi) is 2.78. The summed E-state index contributed by atoms with van der Waals surface area (Å²) in [7, 11) is 0. The third-order valence-corrected chi connectivity index (χ3v) is 6.11. The van der Waals surface area contributed by atoms with E-state index in [1.165, 1.54) is 0 Å². The van der Waals surface area contributed by atoms with Crippen molar-refractivity contribution < 1.29 is 19.7 Å². The first kappa shape index (κ1) is 13.4. The van der Waals surface area contributed by atoms with Crippen LogP contribution in [0.5, 0.6) is 0 Å². The molecule has 0 unspecified atom stereocenters. The van der Waals surface area contributed by atoms with E-state index in [0.29, 0.717) is 6.42 Å². The maximum atomic E-state index is 11.8. The van der Waals surface area contributed by atoms with Crippen molar-refractivity contribution in [2.45, 2.75) is 64.3 Å². The van der Waals surface area contributed by atoms with Crippen LogP contribution in [0, 0.1) is 23.2 Å². The van der Waals surface area contributed by atoms with Gasteiger partial charge in [0.1, 0.15) is 6.10 Å². The van der Waals surface area contributed by atoms with E-state index in [1.54, 1.807) is 6.92 Å². The summed E-state index contributed by atoms with van der Waals surface area (Å²) >= 11 is 0. The smallest absolute Gasteiger partial charge is 0.309 e. The van der Waals surface area contributed by atoms with E-state index >= 15 is 0 Å². The van der Waals surface area contributed by atoms with E-state index in [9.17, 15) is 15.0 Å². The second-order valence-corrected chi connectivity index (χ2v) is 7.30. The van der Waals surface area contributed by atoms with Gasteiger partial charge in [0.05, 0.1) is 17.6 Å². The molecule has 4 nitrogen and oxygen atoms in total. The first-order valence-electron chi connectivity index (χ1n) is 7.38. The van der Waals surface area contributed by atoms with Crippen LogP contribution in [0.2, 0.25) is 0 Å². The van der Waals surface area contributed by atoms with Crippen molar-refractivity contribution in [2.75, 3.05) is 0 Å². The highest BCUT2D eigenvalue weighted by atomic mass is 16.6. The van der Waals surface area contributed by atoms with Crippen LogP contribution in [0.1, 0.15) is 46.5 Å². The molecular weight excluding hydrogens is 244 g/mol. The van der Waals surface area contributed by atoms with Crippen LogP contribution in [0.4, 0.5) is 0 Å². The Labute approximate surface area is 114 Å². The van der Waals surface area contributed by atoms with Gasteiger partial charge in [0.15, 0.2) is 0 Å². The van der Waals surface area contributed by atoms with Gasteiger partial charge in [0.25, 0.3) is 0 Å². The second kappa shape index (κ2) is 3.95. The molecule has 0 aromatic rings. The van der Waals surface area contributed by atoms with E-state index in [2.05, 4.69) is 6.92 Å². The Hall–Kier alpha value is -0.610. The van der Waals surface area contributed by atoms with Crippen LogP contribution < -0.4 is 0 Å². The summed E-state index contributed by atoms with van der Waals surface area (Å²) in [6.07, 6.45) is 2.55. The maximum Gasteiger partial charge on any atom is 0.309 e. The minimum absolute atomic E-state index is 0.0335. The van der Waals surface area contributed by atoms with Crippen LogP contribution in [-0.4, -0.2) is 34.0 Å². The Bertz CT molecular complexity index is 400. The lowest BCUT2D eigenvalue weighted by Crippen LogP contribution is -2.63. The number of carbonyl (C=O) groups is 1. The van der Waals surface area contributed by atoms with Crippen LogP contribution in [0.15, 0.2) is 0 Å². The minimum Gasteiger partial charge on any atom is -0.461 e. The van der Waals surface area contributed by atoms with Crippen molar-refractivity contribution in [3.8, 4) is 0 Å². The molecule has 0 bridgehead atoms. The van der Waals surface area contributed by atoms with Gasteiger partial charge in [-0.2, -0.15) is 0 Å². The molecule has 0 radical (unpaired) electrons. The zero-order chi connectivity index (χ0) is 14.0. The Balaban J connectivity index is 2.00. The largest absolute Gasteiger partial charge is 0.461 e. The molecule has 3 fully saturated rings. The van der Waals surface area contributed by atoms with Crippen molar-refractivity contribution in [1.29, 1.82) is 0 Å². The molecule has 2 saturated carbocycles. The molecular formula is C15H24O4. The molecule has 3 rings (SSSR count). The van der Waals surface area contributed by atoms with Crippen LogP contribution in [0.25, 0.3) is 0 Å². The summed E-state index contributed by atoms with van der Waals surface area (Å²) in [4.78, 5) is 11.8. The summed E-state index contributed by atoms with van der Waals surface area (Å²) < 4.78 is 5.59. The Morgan fingerprint density at radius 3 is 2.58 bits per heavy atom. The summed E-state index contributed by atoms with van der Waals surface area (Å²) in [5, 5.41) is 20.9. The number of hydrogen-bond donors (Lipinski definition) is 2. The maximum absolute atomic E-state index is 11.8. The van der Waals surface area contributed by atoms with Crippen molar-refractivity contribution in [3.63, 3.8) is 0 Å². The normalized spacial score (nSPS) is 57.3. The number of hydrogen-bond acceptors (Lipinski definition) is 4. The van der Waals surface area contributed by atoms with Gasteiger partial charge in [0.2, 0.25) is 0 Å². The predicted octanol–water partition coefficient (Wildman–Crippen LogP) is 1.49. The molecule has 0 aromatic heterocycles. The van der Waals surface area contributed by atoms with E-state index in [-0.39, 0.29) is 35.2 Å². The number of carbonyl (C=O) groups excluding carboxylic acids is 1. The van der Waals surface area contributed by atoms with Gasteiger partial charge >= 0.3 is 5.97 Å². The van der Waals surface area contributed by atoms with Crippen LogP contribution in [0.3, 0.4) is 0 Å². The molecule has 0 amide bonds. The predicted molar refractivity (Wildman–Crippen MR) is 69.2 cm³/mol. The van der Waals surface area contributed by atoms with Gasteiger partial charge in [-0.05, 0) is 38.0 Å². The molecule has 2 N–H and O–H groups in total. The molecule has 108 valence electrons. The van der Waals surface area contributed by atoms with E-state index in [1.807, 2.05) is 6.92 Å². The van der Waals surface area contributed by atoms with Crippen molar-refractivity contribution in [2.24, 2.45) is 23.2 Å². The fourth-order valence-electron chi connectivity index (χ4n) is 4.85.